The summed E-state index contributed by atoms with van der Waals surface area (Å²) < 4.78 is 12.8. The molecule has 2 N–H and O–H groups in total. The third-order valence-corrected chi connectivity index (χ3v) is 9.49. The van der Waals surface area contributed by atoms with E-state index in [4.69, 9.17) is 16.6 Å². The Labute approximate surface area is 199 Å². The van der Waals surface area contributed by atoms with Crippen molar-refractivity contribution < 1.29 is 9.32 Å². The van der Waals surface area contributed by atoms with Gasteiger partial charge in [0.1, 0.15) is 23.5 Å². The van der Waals surface area contributed by atoms with E-state index in [1.54, 1.807) is 12.4 Å². The van der Waals surface area contributed by atoms with Gasteiger partial charge in [0.15, 0.2) is 0 Å². The molecule has 1 spiro atoms. The molecule has 4 heterocycles. The van der Waals surface area contributed by atoms with Crippen molar-refractivity contribution in [2.75, 3.05) is 35.7 Å². The molecule has 0 unspecified atom stereocenters. The van der Waals surface area contributed by atoms with Crippen LogP contribution in [0.3, 0.4) is 0 Å². The van der Waals surface area contributed by atoms with E-state index in [0.29, 0.717) is 45.2 Å². The fourth-order valence-electron chi connectivity index (χ4n) is 5.87. The van der Waals surface area contributed by atoms with E-state index in [-0.39, 0.29) is 12.0 Å². The number of rotatable bonds is 5. The number of nitrogens with zero attached hydrogens (tertiary/aromatic N) is 5. The summed E-state index contributed by atoms with van der Waals surface area (Å²) in [7, 11) is -1.17. The van der Waals surface area contributed by atoms with Crippen LogP contribution in [0.4, 0.5) is 11.6 Å². The Balaban J connectivity index is 1.25. The maximum Gasteiger partial charge on any atom is 0.149 e. The summed E-state index contributed by atoms with van der Waals surface area (Å²) in [6.45, 7) is 1.70. The Morgan fingerprint density at radius 2 is 2.03 bits per heavy atom. The highest BCUT2D eigenvalue weighted by Crippen LogP contribution is 2.56. The van der Waals surface area contributed by atoms with Gasteiger partial charge in [0.25, 0.3) is 0 Å². The number of aliphatic hydroxyl groups excluding tert-OH is 1. The van der Waals surface area contributed by atoms with Crippen LogP contribution in [0.25, 0.3) is 0 Å². The van der Waals surface area contributed by atoms with Gasteiger partial charge in [0.05, 0.1) is 38.4 Å². The Hall–Kier alpha value is -2.28. The number of pyridine rings is 1. The van der Waals surface area contributed by atoms with Gasteiger partial charge in [-0.2, -0.15) is 5.26 Å². The van der Waals surface area contributed by atoms with Gasteiger partial charge < -0.3 is 15.3 Å². The van der Waals surface area contributed by atoms with Crippen LogP contribution >= 0.6 is 11.6 Å². The van der Waals surface area contributed by atoms with E-state index in [2.05, 4.69) is 26.3 Å². The monoisotopic (exact) mass is 484 g/mol. The first-order valence-corrected chi connectivity index (χ1v) is 13.1. The van der Waals surface area contributed by atoms with Gasteiger partial charge in [-0.1, -0.05) is 11.6 Å². The molecule has 2 aliphatic carbocycles. The maximum atomic E-state index is 12.8. The number of anilines is 2. The number of hydrogen-bond acceptors (Lipinski definition) is 8. The van der Waals surface area contributed by atoms with Crippen molar-refractivity contribution in [3.8, 4) is 6.07 Å². The molecule has 0 radical (unpaired) electrons. The summed E-state index contributed by atoms with van der Waals surface area (Å²) in [4.78, 5) is 16.4. The molecular weight excluding hydrogens is 460 g/mol. The molecule has 172 valence electrons. The van der Waals surface area contributed by atoms with E-state index in [0.717, 1.165) is 56.6 Å². The van der Waals surface area contributed by atoms with Crippen LogP contribution < -0.4 is 10.2 Å². The SMILES string of the molecule is N#Cc1c(N2CC3(CC(c4ncc(Cl)cn4)C3)C2)nc(NC2(CO)CCC2)c2c1CC[S@]2=O. The lowest BCUT2D eigenvalue weighted by molar-refractivity contribution is 0.0589. The molecule has 33 heavy (non-hydrogen) atoms. The lowest BCUT2D eigenvalue weighted by Crippen LogP contribution is -2.62. The van der Waals surface area contributed by atoms with Crippen LogP contribution in [0, 0.1) is 16.7 Å². The van der Waals surface area contributed by atoms with Crippen molar-refractivity contribution in [3.63, 3.8) is 0 Å². The van der Waals surface area contributed by atoms with Crippen LogP contribution in [-0.2, 0) is 17.2 Å². The second-order valence-corrected chi connectivity index (χ2v) is 12.0. The predicted molar refractivity (Wildman–Crippen MR) is 125 cm³/mol. The maximum absolute atomic E-state index is 12.8. The predicted octanol–water partition coefficient (Wildman–Crippen LogP) is 2.77. The fraction of sp³-hybridized carbons (Fsp3) is 0.565. The molecule has 4 aliphatic rings. The molecule has 2 aromatic rings. The molecule has 6 rings (SSSR count). The highest BCUT2D eigenvalue weighted by atomic mass is 35.5. The number of nitrogens with one attached hydrogen (secondary N) is 1. The van der Waals surface area contributed by atoms with Crippen molar-refractivity contribution in [2.45, 2.75) is 54.9 Å². The van der Waals surface area contributed by atoms with E-state index < -0.39 is 16.3 Å². The molecule has 0 amide bonds. The molecular formula is C23H25ClN6O2S. The second-order valence-electron chi connectivity index (χ2n) is 10.0. The Bertz CT molecular complexity index is 1170. The van der Waals surface area contributed by atoms with E-state index in [1.807, 2.05) is 0 Å². The van der Waals surface area contributed by atoms with Crippen LogP contribution in [0.1, 0.15) is 55.0 Å². The molecule has 0 bridgehead atoms. The number of halogens is 1. The minimum absolute atomic E-state index is 0.0202. The van der Waals surface area contributed by atoms with Gasteiger partial charge in [0, 0.05) is 42.6 Å². The van der Waals surface area contributed by atoms with Crippen molar-refractivity contribution in [1.82, 2.24) is 15.0 Å². The number of aliphatic hydroxyl groups is 1. The molecule has 1 saturated heterocycles. The molecule has 2 aromatic heterocycles. The summed E-state index contributed by atoms with van der Waals surface area (Å²) in [6, 6.07) is 2.35. The summed E-state index contributed by atoms with van der Waals surface area (Å²) >= 11 is 5.91. The Morgan fingerprint density at radius 3 is 2.64 bits per heavy atom. The molecule has 0 aromatic carbocycles. The van der Waals surface area contributed by atoms with Crippen molar-refractivity contribution in [1.29, 1.82) is 5.26 Å². The fourth-order valence-corrected chi connectivity index (χ4v) is 7.35. The molecule has 1 atom stereocenters. The first-order valence-electron chi connectivity index (χ1n) is 11.4. The minimum atomic E-state index is -1.17. The third kappa shape index (κ3) is 3.34. The van der Waals surface area contributed by atoms with Gasteiger partial charge in [-0.3, -0.25) is 4.21 Å². The van der Waals surface area contributed by atoms with Gasteiger partial charge >= 0.3 is 0 Å². The lowest BCUT2D eigenvalue weighted by Gasteiger charge is -2.59. The quantitative estimate of drug-likeness (QED) is 0.665. The first-order chi connectivity index (χ1) is 15.9. The van der Waals surface area contributed by atoms with Crippen LogP contribution in [0.2, 0.25) is 5.02 Å². The average Bonchev–Trinajstić information content (AvgIpc) is 3.11. The summed E-state index contributed by atoms with van der Waals surface area (Å²) in [5.74, 6) is 2.98. The van der Waals surface area contributed by atoms with Crippen molar-refractivity contribution >= 4 is 34.0 Å². The van der Waals surface area contributed by atoms with Crippen molar-refractivity contribution in [3.05, 3.63) is 34.4 Å². The minimum Gasteiger partial charge on any atom is -0.394 e. The molecule has 2 saturated carbocycles. The summed E-state index contributed by atoms with van der Waals surface area (Å²) in [5.41, 5.74) is 1.23. The standard InChI is InChI=1S/C23H25ClN6O2S/c24-15-9-26-19(27-10-15)14-6-22(7-14)11-30(12-22)21-17(8-25)16-2-5-33(32)18(16)20(28-21)29-23(13-31)3-1-4-23/h9-10,14,31H,1-7,11-13H2,(H,28,29)/t33-/m1/s1. The van der Waals surface area contributed by atoms with Gasteiger partial charge in [0.2, 0.25) is 0 Å². The van der Waals surface area contributed by atoms with Gasteiger partial charge in [-0.05, 0) is 44.1 Å². The molecule has 2 aliphatic heterocycles. The average molecular weight is 485 g/mol. The summed E-state index contributed by atoms with van der Waals surface area (Å²) in [6.07, 6.45) is 8.73. The smallest absolute Gasteiger partial charge is 0.149 e. The normalized spacial score (nSPS) is 24.4. The number of hydrogen-bond donors (Lipinski definition) is 2. The largest absolute Gasteiger partial charge is 0.394 e. The van der Waals surface area contributed by atoms with Crippen LogP contribution in [0.5, 0.6) is 0 Å². The van der Waals surface area contributed by atoms with Crippen molar-refractivity contribution in [2.24, 2.45) is 5.41 Å². The first kappa shape index (κ1) is 21.3. The zero-order chi connectivity index (χ0) is 22.8. The molecule has 3 fully saturated rings. The van der Waals surface area contributed by atoms with Crippen LogP contribution in [0.15, 0.2) is 17.3 Å². The lowest BCUT2D eigenvalue weighted by atomic mass is 9.57. The number of nitriles is 1. The summed E-state index contributed by atoms with van der Waals surface area (Å²) in [5, 5.41) is 23.9. The highest BCUT2D eigenvalue weighted by Gasteiger charge is 2.54. The highest BCUT2D eigenvalue weighted by molar-refractivity contribution is 7.85. The zero-order valence-corrected chi connectivity index (χ0v) is 19.8. The Kier molecular flexibility index (Phi) is 4.91. The van der Waals surface area contributed by atoms with E-state index in [9.17, 15) is 14.6 Å². The topological polar surface area (TPSA) is 115 Å². The Morgan fingerprint density at radius 1 is 1.30 bits per heavy atom. The number of aromatic nitrogens is 3. The molecule has 10 heteroatoms. The van der Waals surface area contributed by atoms with E-state index in [1.165, 1.54) is 0 Å². The second kappa shape index (κ2) is 7.62. The zero-order valence-electron chi connectivity index (χ0n) is 18.2. The number of fused-ring (bicyclic) bond motifs is 1. The van der Waals surface area contributed by atoms with Gasteiger partial charge in [-0.15, -0.1) is 0 Å². The van der Waals surface area contributed by atoms with E-state index >= 15 is 0 Å². The third-order valence-electron chi connectivity index (χ3n) is 7.82. The van der Waals surface area contributed by atoms with Gasteiger partial charge in [-0.25, -0.2) is 15.0 Å². The molecule has 8 nitrogen and oxygen atoms in total. The van der Waals surface area contributed by atoms with Crippen LogP contribution in [-0.4, -0.2) is 55.3 Å².